The molecule has 0 aliphatic rings. The van der Waals surface area contributed by atoms with Gasteiger partial charge in [0.05, 0.1) is 24.4 Å². The molecular formula is C36H48F5N3O6. The largest absolute Gasteiger partial charge is 0.573 e. The number of carbonyl (C=O) groups excluding carboxylic acids is 1. The zero-order valence-corrected chi connectivity index (χ0v) is 29.2. The van der Waals surface area contributed by atoms with Crippen LogP contribution in [0.15, 0.2) is 84.0 Å². The second-order valence-electron chi connectivity index (χ2n) is 10.4. The molecule has 0 spiro atoms. The van der Waals surface area contributed by atoms with Gasteiger partial charge in [0, 0.05) is 12.3 Å². The van der Waals surface area contributed by atoms with Crippen molar-refractivity contribution in [3.8, 4) is 5.75 Å². The molecule has 50 heavy (non-hydrogen) atoms. The number of carbonyl (C=O) groups is 2. The molecule has 1 amide bonds. The number of amides is 1. The highest BCUT2D eigenvalue weighted by Gasteiger charge is 2.31. The lowest BCUT2D eigenvalue weighted by Gasteiger charge is -2.29. The molecule has 0 aromatic heterocycles. The van der Waals surface area contributed by atoms with Crippen molar-refractivity contribution >= 4 is 24.3 Å². The Labute approximate surface area is 290 Å². The van der Waals surface area contributed by atoms with E-state index in [9.17, 15) is 36.6 Å². The number of hydrogen-bond acceptors (Lipinski definition) is 7. The van der Waals surface area contributed by atoms with Crippen LogP contribution in [0, 0.1) is 0 Å². The maximum absolute atomic E-state index is 12.7. The number of rotatable bonds is 17. The van der Waals surface area contributed by atoms with Crippen LogP contribution >= 0.6 is 0 Å². The zero-order valence-electron chi connectivity index (χ0n) is 29.2. The van der Waals surface area contributed by atoms with Crippen LogP contribution in [-0.4, -0.2) is 65.5 Å². The van der Waals surface area contributed by atoms with Gasteiger partial charge in [-0.05, 0) is 74.2 Å². The Morgan fingerprint density at radius 1 is 1.02 bits per heavy atom. The third-order valence-corrected chi connectivity index (χ3v) is 6.40. The van der Waals surface area contributed by atoms with Crippen LogP contribution in [0.1, 0.15) is 88.3 Å². The second kappa shape index (κ2) is 23.7. The number of aliphatic carboxylic acids is 1. The van der Waals surface area contributed by atoms with Crippen molar-refractivity contribution in [2.75, 3.05) is 6.54 Å². The summed E-state index contributed by atoms with van der Waals surface area (Å²) in [6, 6.07) is 10.9. The molecule has 3 atom stereocenters. The molecule has 2 rings (SSSR count). The summed E-state index contributed by atoms with van der Waals surface area (Å²) < 4.78 is 71.8. The first kappa shape index (κ1) is 45.4. The molecule has 0 aliphatic carbocycles. The molecule has 0 saturated heterocycles. The number of hydrazone groups is 1. The van der Waals surface area contributed by atoms with E-state index < -0.39 is 55.4 Å². The molecular weight excluding hydrogens is 665 g/mol. The van der Waals surface area contributed by atoms with Gasteiger partial charge >= 0.3 is 18.9 Å². The highest BCUT2D eigenvalue weighted by molar-refractivity contribution is 5.94. The van der Waals surface area contributed by atoms with E-state index in [2.05, 4.69) is 47.0 Å². The lowest BCUT2D eigenvalue weighted by atomic mass is 10.0. The average Bonchev–Trinajstić information content (AvgIpc) is 3.07. The van der Waals surface area contributed by atoms with E-state index in [1.54, 1.807) is 38.1 Å². The molecule has 3 N–H and O–H groups in total. The molecule has 9 nitrogen and oxygen atoms in total. The van der Waals surface area contributed by atoms with Gasteiger partial charge in [-0.15, -0.1) is 19.8 Å². The fourth-order valence-corrected chi connectivity index (χ4v) is 4.01. The van der Waals surface area contributed by atoms with E-state index >= 15 is 0 Å². The minimum Gasteiger partial charge on any atom is -0.479 e. The number of carboxylic acids is 1. The molecule has 14 heteroatoms. The number of hydrogen-bond donors (Lipinski definition) is 3. The minimum atomic E-state index is -4.87. The van der Waals surface area contributed by atoms with Gasteiger partial charge in [0.25, 0.3) is 5.91 Å². The van der Waals surface area contributed by atoms with Crippen LogP contribution in [0.25, 0.3) is 5.70 Å². The molecule has 0 radical (unpaired) electrons. The molecule has 0 bridgehead atoms. The van der Waals surface area contributed by atoms with E-state index in [0.717, 1.165) is 17.7 Å². The summed E-state index contributed by atoms with van der Waals surface area (Å²) in [5.74, 6) is -2.50. The van der Waals surface area contributed by atoms with Crippen molar-refractivity contribution in [3.05, 3.63) is 95.6 Å². The van der Waals surface area contributed by atoms with E-state index in [1.807, 2.05) is 13.8 Å². The Morgan fingerprint density at radius 3 is 2.02 bits per heavy atom. The summed E-state index contributed by atoms with van der Waals surface area (Å²) in [5.41, 5.74) is 2.56. The topological polar surface area (TPSA) is 121 Å². The molecule has 0 aliphatic heterocycles. The van der Waals surface area contributed by atoms with Gasteiger partial charge in [0.15, 0.2) is 6.10 Å². The second-order valence-corrected chi connectivity index (χ2v) is 10.4. The van der Waals surface area contributed by atoms with Gasteiger partial charge in [-0.2, -0.15) is 13.9 Å². The predicted octanol–water partition coefficient (Wildman–Crippen LogP) is 8.74. The van der Waals surface area contributed by atoms with Crippen molar-refractivity contribution in [1.82, 2.24) is 10.3 Å². The Morgan fingerprint density at radius 2 is 1.56 bits per heavy atom. The van der Waals surface area contributed by atoms with Crippen molar-refractivity contribution < 1.29 is 51.2 Å². The summed E-state index contributed by atoms with van der Waals surface area (Å²) in [6.07, 6.45) is -1.12. The first-order valence-corrected chi connectivity index (χ1v) is 15.9. The number of ether oxygens (including phenoxy) is 2. The molecule has 0 heterocycles. The number of benzene rings is 2. The first-order valence-electron chi connectivity index (χ1n) is 15.9. The number of halogens is 5. The smallest absolute Gasteiger partial charge is 0.479 e. The van der Waals surface area contributed by atoms with Crippen LogP contribution in [0.2, 0.25) is 0 Å². The molecule has 2 aromatic carbocycles. The molecule has 0 fully saturated rings. The van der Waals surface area contributed by atoms with Gasteiger partial charge in [0.2, 0.25) is 0 Å². The number of alkyl halides is 5. The SMILES string of the molecule is C=CC(C/C=C(\C)C/C=C(/c1ccc(OC(F)(F)F)cc1)N(N=C)C(C)c1ccc(C(=O)NCC(O)C(=O)O)cc1)OC(F)F.CC.CCC. The average molecular weight is 714 g/mol. The quantitative estimate of drug-likeness (QED) is 0.0649. The summed E-state index contributed by atoms with van der Waals surface area (Å²) >= 11 is 0. The third kappa shape index (κ3) is 17.2. The monoisotopic (exact) mass is 713 g/mol. The lowest BCUT2D eigenvalue weighted by Crippen LogP contribution is -2.36. The third-order valence-electron chi connectivity index (χ3n) is 6.40. The van der Waals surface area contributed by atoms with Crippen LogP contribution in [0.3, 0.4) is 0 Å². The minimum absolute atomic E-state index is 0.140. The maximum Gasteiger partial charge on any atom is 0.573 e. The standard InChI is InChI=1S/C31H34F5N3O6.C3H8.C2H6/c1-5-24(44-30(32)33)14-6-19(2)7-17-26(22-12-15-25(16-13-22)45-31(34,35)36)39(37-4)20(3)21-8-10-23(11-9-21)28(41)38-18-27(40)29(42)43;1-3-2;1-2/h5-6,8-13,15-17,20,24,27,30,40H,1,4,7,14,18H2,2-3H3,(H,38,41)(H,42,43);3H2,1-2H3;1-2H3/b19-6+,26-17-;;. The van der Waals surface area contributed by atoms with Crippen LogP contribution in [-0.2, 0) is 9.53 Å². The van der Waals surface area contributed by atoms with Gasteiger partial charge in [-0.25, -0.2) is 4.79 Å². The number of aliphatic hydroxyl groups is 1. The van der Waals surface area contributed by atoms with Crippen LogP contribution in [0.4, 0.5) is 22.0 Å². The van der Waals surface area contributed by atoms with Gasteiger partial charge in [0.1, 0.15) is 5.75 Å². The van der Waals surface area contributed by atoms with E-state index in [-0.39, 0.29) is 12.0 Å². The Hall–Kier alpha value is -4.56. The van der Waals surface area contributed by atoms with Crippen LogP contribution in [0.5, 0.6) is 5.75 Å². The summed E-state index contributed by atoms with van der Waals surface area (Å²) in [4.78, 5) is 23.1. The normalized spacial score (nSPS) is 13.4. The van der Waals surface area contributed by atoms with Gasteiger partial charge in [-0.1, -0.05) is 70.0 Å². The predicted molar refractivity (Wildman–Crippen MR) is 185 cm³/mol. The van der Waals surface area contributed by atoms with E-state index in [0.29, 0.717) is 23.2 Å². The maximum atomic E-state index is 12.7. The Kier molecular flexibility index (Phi) is 21.6. The summed E-state index contributed by atoms with van der Waals surface area (Å²) in [5, 5.41) is 26.1. The lowest BCUT2D eigenvalue weighted by molar-refractivity contribution is -0.274. The van der Waals surface area contributed by atoms with Crippen molar-refractivity contribution in [2.45, 2.75) is 92.0 Å². The molecule has 0 saturated carbocycles. The Bertz CT molecular complexity index is 1380. The van der Waals surface area contributed by atoms with Crippen LogP contribution < -0.4 is 10.1 Å². The fourth-order valence-electron chi connectivity index (χ4n) is 4.01. The zero-order chi connectivity index (χ0) is 38.4. The van der Waals surface area contributed by atoms with Crippen molar-refractivity contribution in [3.63, 3.8) is 0 Å². The van der Waals surface area contributed by atoms with Crippen molar-refractivity contribution in [1.29, 1.82) is 0 Å². The van der Waals surface area contributed by atoms with Gasteiger partial charge < -0.3 is 25.0 Å². The van der Waals surface area contributed by atoms with Gasteiger partial charge in [-0.3, -0.25) is 9.80 Å². The molecule has 278 valence electrons. The summed E-state index contributed by atoms with van der Waals surface area (Å²) in [7, 11) is 0. The number of nitrogens with zero attached hydrogens (tertiary/aromatic N) is 2. The Balaban J connectivity index is 0.00000454. The highest BCUT2D eigenvalue weighted by Crippen LogP contribution is 2.33. The first-order chi connectivity index (χ1) is 23.6. The van der Waals surface area contributed by atoms with E-state index in [1.165, 1.54) is 41.8 Å². The number of carboxylic acid groups (broad SMARTS) is 1. The summed E-state index contributed by atoms with van der Waals surface area (Å²) in [6.45, 7) is 15.5. The van der Waals surface area contributed by atoms with Crippen molar-refractivity contribution in [2.24, 2.45) is 5.10 Å². The number of nitrogens with one attached hydrogen (secondary N) is 1. The molecule has 3 unspecified atom stereocenters. The molecule has 2 aromatic rings. The fraction of sp³-hybridized carbons (Fsp3) is 0.417. The number of allylic oxidation sites excluding steroid dienone is 2. The van der Waals surface area contributed by atoms with E-state index in [4.69, 9.17) is 5.11 Å². The number of aliphatic hydroxyl groups excluding tert-OH is 1. The highest BCUT2D eigenvalue weighted by atomic mass is 19.4.